The van der Waals surface area contributed by atoms with Crippen LogP contribution in [0.25, 0.3) is 10.8 Å². The number of nitrogens with zero attached hydrogens (tertiary/aromatic N) is 1. The topological polar surface area (TPSA) is 12.9 Å². The number of hydrogen-bond donors (Lipinski definition) is 0. The van der Waals surface area contributed by atoms with Crippen molar-refractivity contribution >= 4 is 38.3 Å². The average Bonchev–Trinajstić information content (AvgIpc) is 2.10. The summed E-state index contributed by atoms with van der Waals surface area (Å²) in [7, 11) is 0. The van der Waals surface area contributed by atoms with Crippen LogP contribution in [0.3, 0.4) is 0 Å². The van der Waals surface area contributed by atoms with Gasteiger partial charge in [0.05, 0.1) is 5.39 Å². The van der Waals surface area contributed by atoms with Crippen molar-refractivity contribution in [1.29, 1.82) is 0 Å². The average molecular weight is 275 g/mol. The van der Waals surface area contributed by atoms with E-state index in [0.29, 0.717) is 9.86 Å². The van der Waals surface area contributed by atoms with Crippen molar-refractivity contribution < 1.29 is 4.39 Å². The Morgan fingerprint density at radius 1 is 1.43 bits per heavy atom. The van der Waals surface area contributed by atoms with Crippen molar-refractivity contribution in [3.8, 4) is 0 Å². The Labute approximate surface area is 94.0 Å². The molecule has 72 valence electrons. The van der Waals surface area contributed by atoms with Crippen LogP contribution in [0.1, 0.15) is 5.56 Å². The lowest BCUT2D eigenvalue weighted by Gasteiger charge is -2.05. The summed E-state index contributed by atoms with van der Waals surface area (Å²) in [6.45, 7) is 1.87. The van der Waals surface area contributed by atoms with E-state index >= 15 is 0 Å². The van der Waals surface area contributed by atoms with E-state index in [2.05, 4.69) is 20.9 Å². The lowest BCUT2D eigenvalue weighted by Crippen LogP contribution is -1.88. The highest BCUT2D eigenvalue weighted by Gasteiger charge is 2.09. The van der Waals surface area contributed by atoms with Crippen molar-refractivity contribution in [3.63, 3.8) is 0 Å². The van der Waals surface area contributed by atoms with Crippen molar-refractivity contribution in [3.05, 3.63) is 39.3 Å². The van der Waals surface area contributed by atoms with Gasteiger partial charge in [0.15, 0.2) is 0 Å². The first-order chi connectivity index (χ1) is 6.59. The van der Waals surface area contributed by atoms with Crippen LogP contribution in [0.5, 0.6) is 0 Å². The van der Waals surface area contributed by atoms with Crippen molar-refractivity contribution in [2.45, 2.75) is 6.92 Å². The highest BCUT2D eigenvalue weighted by Crippen LogP contribution is 2.29. The summed E-state index contributed by atoms with van der Waals surface area (Å²) in [6.07, 6.45) is 1.64. The molecule has 14 heavy (non-hydrogen) atoms. The number of aromatic nitrogens is 1. The third-order valence-corrected chi connectivity index (χ3v) is 2.80. The molecule has 0 radical (unpaired) electrons. The standard InChI is InChI=1S/C10H6BrClFN/c1-5-4-14-10(12)9-7(5)2-6(11)3-8(9)13/h2-4H,1H3. The molecular formula is C10H6BrClFN. The Morgan fingerprint density at radius 3 is 2.86 bits per heavy atom. The number of benzene rings is 1. The van der Waals surface area contributed by atoms with Gasteiger partial charge in [0.2, 0.25) is 0 Å². The Bertz CT molecular complexity index is 513. The lowest BCUT2D eigenvalue weighted by molar-refractivity contribution is 0.638. The lowest BCUT2D eigenvalue weighted by atomic mass is 10.1. The van der Waals surface area contributed by atoms with Gasteiger partial charge in [-0.1, -0.05) is 27.5 Å². The van der Waals surface area contributed by atoms with Crippen LogP contribution in [0.2, 0.25) is 5.15 Å². The van der Waals surface area contributed by atoms with Gasteiger partial charge in [-0.3, -0.25) is 0 Å². The van der Waals surface area contributed by atoms with E-state index in [1.807, 2.05) is 13.0 Å². The van der Waals surface area contributed by atoms with Crippen LogP contribution in [0.4, 0.5) is 4.39 Å². The predicted molar refractivity (Wildman–Crippen MR) is 59.1 cm³/mol. The summed E-state index contributed by atoms with van der Waals surface area (Å²) in [5.41, 5.74) is 0.907. The van der Waals surface area contributed by atoms with Gasteiger partial charge in [0.25, 0.3) is 0 Å². The minimum Gasteiger partial charge on any atom is -0.244 e. The van der Waals surface area contributed by atoms with E-state index in [0.717, 1.165) is 10.9 Å². The first-order valence-corrected chi connectivity index (χ1v) is 5.16. The maximum atomic E-state index is 13.5. The molecule has 4 heteroatoms. The minimum absolute atomic E-state index is 0.204. The second-order valence-electron chi connectivity index (χ2n) is 3.04. The highest BCUT2D eigenvalue weighted by atomic mass is 79.9. The normalized spacial score (nSPS) is 10.9. The van der Waals surface area contributed by atoms with Gasteiger partial charge < -0.3 is 0 Å². The SMILES string of the molecule is Cc1cnc(Cl)c2c(F)cc(Br)cc12. The van der Waals surface area contributed by atoms with Crippen LogP contribution >= 0.6 is 27.5 Å². The van der Waals surface area contributed by atoms with E-state index in [4.69, 9.17) is 11.6 Å². The molecule has 0 saturated heterocycles. The summed E-state index contributed by atoms with van der Waals surface area (Å²) in [4.78, 5) is 3.91. The van der Waals surface area contributed by atoms with Crippen LogP contribution < -0.4 is 0 Å². The zero-order chi connectivity index (χ0) is 10.3. The van der Waals surface area contributed by atoms with Crippen molar-refractivity contribution in [1.82, 2.24) is 4.98 Å². The fraction of sp³-hybridized carbons (Fsp3) is 0.100. The molecular weight excluding hydrogens is 268 g/mol. The molecule has 0 saturated carbocycles. The van der Waals surface area contributed by atoms with E-state index < -0.39 is 0 Å². The van der Waals surface area contributed by atoms with Crippen molar-refractivity contribution in [2.75, 3.05) is 0 Å². The number of fused-ring (bicyclic) bond motifs is 1. The maximum absolute atomic E-state index is 13.5. The van der Waals surface area contributed by atoms with Gasteiger partial charge in [-0.2, -0.15) is 0 Å². The van der Waals surface area contributed by atoms with E-state index in [-0.39, 0.29) is 11.0 Å². The number of pyridine rings is 1. The number of hydrogen-bond acceptors (Lipinski definition) is 1. The predicted octanol–water partition coefficient (Wildman–Crippen LogP) is 4.10. The molecule has 0 bridgehead atoms. The Kier molecular flexibility index (Phi) is 2.45. The monoisotopic (exact) mass is 273 g/mol. The molecule has 0 spiro atoms. The Balaban J connectivity index is 3.00. The minimum atomic E-state index is -0.351. The van der Waals surface area contributed by atoms with E-state index in [1.165, 1.54) is 6.07 Å². The summed E-state index contributed by atoms with van der Waals surface area (Å²) in [6, 6.07) is 3.22. The third kappa shape index (κ3) is 1.51. The number of rotatable bonds is 0. The van der Waals surface area contributed by atoms with Crippen LogP contribution in [-0.4, -0.2) is 4.98 Å². The first-order valence-electron chi connectivity index (χ1n) is 3.99. The van der Waals surface area contributed by atoms with Crippen LogP contribution in [0.15, 0.2) is 22.8 Å². The van der Waals surface area contributed by atoms with Gasteiger partial charge in [0.1, 0.15) is 11.0 Å². The molecule has 0 amide bonds. The molecule has 0 aliphatic rings. The molecule has 0 fully saturated rings. The van der Waals surface area contributed by atoms with Gasteiger partial charge in [-0.25, -0.2) is 9.37 Å². The third-order valence-electron chi connectivity index (χ3n) is 2.06. The molecule has 1 aromatic carbocycles. The zero-order valence-electron chi connectivity index (χ0n) is 7.31. The molecule has 2 aromatic rings. The molecule has 1 nitrogen and oxygen atoms in total. The van der Waals surface area contributed by atoms with Gasteiger partial charge in [-0.05, 0) is 30.0 Å². The molecule has 1 heterocycles. The molecule has 0 unspecified atom stereocenters. The van der Waals surface area contributed by atoms with E-state index in [9.17, 15) is 4.39 Å². The molecule has 1 aromatic heterocycles. The molecule has 0 N–H and O–H groups in total. The Hall–Kier alpha value is -0.670. The quantitative estimate of drug-likeness (QED) is 0.659. The largest absolute Gasteiger partial charge is 0.244 e. The smallest absolute Gasteiger partial charge is 0.139 e. The Morgan fingerprint density at radius 2 is 2.14 bits per heavy atom. The number of halogens is 3. The number of aryl methyl sites for hydroxylation is 1. The zero-order valence-corrected chi connectivity index (χ0v) is 9.66. The van der Waals surface area contributed by atoms with E-state index in [1.54, 1.807) is 6.20 Å². The van der Waals surface area contributed by atoms with Gasteiger partial charge in [-0.15, -0.1) is 0 Å². The van der Waals surface area contributed by atoms with Crippen molar-refractivity contribution in [2.24, 2.45) is 0 Å². The van der Waals surface area contributed by atoms with Gasteiger partial charge >= 0.3 is 0 Å². The molecule has 0 aliphatic carbocycles. The second kappa shape index (κ2) is 3.48. The van der Waals surface area contributed by atoms with Crippen LogP contribution in [0, 0.1) is 12.7 Å². The highest BCUT2D eigenvalue weighted by molar-refractivity contribution is 9.10. The summed E-state index contributed by atoms with van der Waals surface area (Å²) in [5, 5.41) is 1.38. The van der Waals surface area contributed by atoms with Gasteiger partial charge in [0, 0.05) is 10.7 Å². The summed E-state index contributed by atoms with van der Waals surface area (Å²) >= 11 is 9.06. The molecule has 2 rings (SSSR count). The van der Waals surface area contributed by atoms with Crippen LogP contribution in [-0.2, 0) is 0 Å². The fourth-order valence-corrected chi connectivity index (χ4v) is 2.05. The summed E-state index contributed by atoms with van der Waals surface area (Å²) < 4.78 is 14.2. The fourth-order valence-electron chi connectivity index (χ4n) is 1.38. The first kappa shape index (κ1) is 9.87. The molecule has 0 aliphatic heterocycles. The summed E-state index contributed by atoms with van der Waals surface area (Å²) in [5.74, 6) is -0.351. The second-order valence-corrected chi connectivity index (χ2v) is 4.32. The maximum Gasteiger partial charge on any atom is 0.139 e. The molecule has 0 atom stereocenters.